The number of piperidine rings is 1. The summed E-state index contributed by atoms with van der Waals surface area (Å²) in [5.41, 5.74) is 2.08. The maximum absolute atomic E-state index is 13.0. The van der Waals surface area contributed by atoms with Gasteiger partial charge < -0.3 is 19.7 Å². The van der Waals surface area contributed by atoms with Gasteiger partial charge in [-0.2, -0.15) is 0 Å². The minimum atomic E-state index is -1.20. The Morgan fingerprint density at radius 3 is 2.50 bits per heavy atom. The fourth-order valence-electron chi connectivity index (χ4n) is 4.31. The third-order valence-corrected chi connectivity index (χ3v) is 6.50. The highest BCUT2D eigenvalue weighted by molar-refractivity contribution is 5.94. The van der Waals surface area contributed by atoms with Crippen LogP contribution < -0.4 is 15.6 Å². The molecule has 1 aromatic carbocycles. The van der Waals surface area contributed by atoms with E-state index in [1.165, 1.54) is 13.1 Å². The van der Waals surface area contributed by atoms with E-state index < -0.39 is 17.9 Å². The number of anilines is 2. The fraction of sp³-hybridized carbons (Fsp3) is 0.440. The van der Waals surface area contributed by atoms with Crippen LogP contribution >= 0.6 is 0 Å². The molecule has 9 heteroatoms. The SMILES string of the molecule is CC(=O)n1cc(C(=O)O)c(NC(C)c2cc(C)cc3c(=O)cc(N4CCC(C)(C)CC4)oc23)n1. The van der Waals surface area contributed by atoms with E-state index in [4.69, 9.17) is 4.42 Å². The van der Waals surface area contributed by atoms with Gasteiger partial charge in [-0.15, -0.1) is 5.10 Å². The highest BCUT2D eigenvalue weighted by Crippen LogP contribution is 2.34. The highest BCUT2D eigenvalue weighted by atomic mass is 16.4. The number of aromatic carboxylic acids is 1. The molecule has 0 aliphatic carbocycles. The van der Waals surface area contributed by atoms with E-state index in [9.17, 15) is 19.5 Å². The summed E-state index contributed by atoms with van der Waals surface area (Å²) in [5.74, 6) is -0.985. The Morgan fingerprint density at radius 1 is 1.21 bits per heavy atom. The lowest BCUT2D eigenvalue weighted by Crippen LogP contribution is -2.37. The number of nitrogens with one attached hydrogen (secondary N) is 1. The van der Waals surface area contributed by atoms with Gasteiger partial charge in [0.2, 0.25) is 5.91 Å². The number of carboxylic acids is 1. The molecule has 1 aliphatic heterocycles. The Morgan fingerprint density at radius 2 is 1.88 bits per heavy atom. The van der Waals surface area contributed by atoms with Crippen molar-refractivity contribution in [2.24, 2.45) is 5.41 Å². The second-order valence-corrected chi connectivity index (χ2v) is 9.86. The molecular formula is C25H30N4O5. The number of hydrogen-bond donors (Lipinski definition) is 2. The first-order valence-corrected chi connectivity index (χ1v) is 11.4. The van der Waals surface area contributed by atoms with E-state index in [1.807, 2.05) is 19.9 Å². The van der Waals surface area contributed by atoms with Gasteiger partial charge in [-0.05, 0) is 43.7 Å². The van der Waals surface area contributed by atoms with Gasteiger partial charge >= 0.3 is 5.97 Å². The molecule has 0 radical (unpaired) electrons. The molecule has 4 rings (SSSR count). The third kappa shape index (κ3) is 4.55. The minimum absolute atomic E-state index is 0.0709. The summed E-state index contributed by atoms with van der Waals surface area (Å²) in [6, 6.07) is 4.82. The molecular weight excluding hydrogens is 436 g/mol. The number of nitrogens with zero attached hydrogens (tertiary/aromatic N) is 3. The number of aromatic nitrogens is 2. The van der Waals surface area contributed by atoms with Crippen molar-refractivity contribution in [2.45, 2.75) is 53.5 Å². The van der Waals surface area contributed by atoms with Crippen LogP contribution in [0.3, 0.4) is 0 Å². The molecule has 180 valence electrons. The van der Waals surface area contributed by atoms with E-state index in [0.29, 0.717) is 22.4 Å². The number of carbonyl (C=O) groups excluding carboxylic acids is 1. The molecule has 0 saturated carbocycles. The molecule has 1 fully saturated rings. The van der Waals surface area contributed by atoms with Gasteiger partial charge in [0.25, 0.3) is 0 Å². The highest BCUT2D eigenvalue weighted by Gasteiger charge is 2.27. The van der Waals surface area contributed by atoms with Gasteiger partial charge in [-0.3, -0.25) is 9.59 Å². The predicted molar refractivity (Wildman–Crippen MR) is 130 cm³/mol. The average molecular weight is 467 g/mol. The third-order valence-electron chi connectivity index (χ3n) is 6.50. The molecule has 1 aliphatic rings. The molecule has 34 heavy (non-hydrogen) atoms. The molecule has 0 amide bonds. The summed E-state index contributed by atoms with van der Waals surface area (Å²) in [4.78, 5) is 38.5. The first-order chi connectivity index (χ1) is 15.9. The summed E-state index contributed by atoms with van der Waals surface area (Å²) >= 11 is 0. The van der Waals surface area contributed by atoms with Gasteiger partial charge in [-0.25, -0.2) is 9.48 Å². The maximum atomic E-state index is 13.0. The summed E-state index contributed by atoms with van der Waals surface area (Å²) in [7, 11) is 0. The minimum Gasteiger partial charge on any atom is -0.477 e. The van der Waals surface area contributed by atoms with Crippen LogP contribution in [0.2, 0.25) is 0 Å². The number of fused-ring (bicyclic) bond motifs is 1. The zero-order valence-electron chi connectivity index (χ0n) is 20.1. The van der Waals surface area contributed by atoms with Gasteiger partial charge in [0.15, 0.2) is 17.1 Å². The largest absolute Gasteiger partial charge is 0.477 e. The molecule has 3 aromatic rings. The van der Waals surface area contributed by atoms with Gasteiger partial charge in [0.05, 0.1) is 17.6 Å². The summed E-state index contributed by atoms with van der Waals surface area (Å²) < 4.78 is 7.30. The van der Waals surface area contributed by atoms with Crippen molar-refractivity contribution in [1.82, 2.24) is 9.78 Å². The van der Waals surface area contributed by atoms with Crippen LogP contribution in [0, 0.1) is 12.3 Å². The predicted octanol–water partition coefficient (Wildman–Crippen LogP) is 4.46. The van der Waals surface area contributed by atoms with Crippen LogP contribution in [0.15, 0.2) is 33.6 Å². The van der Waals surface area contributed by atoms with E-state index in [0.717, 1.165) is 36.2 Å². The Kier molecular flexibility index (Phi) is 5.97. The standard InChI is InChI=1S/C25H30N4O5/c1-14-10-17(15(2)26-23-19(24(32)33)13-29(27-23)16(3)30)22-18(11-14)20(31)12-21(34-22)28-8-6-25(4,5)7-9-28/h10-13,15H,6-9H2,1-5H3,(H,26,27)(H,32,33). The van der Waals surface area contributed by atoms with E-state index >= 15 is 0 Å². The fourth-order valence-corrected chi connectivity index (χ4v) is 4.31. The second-order valence-electron chi connectivity index (χ2n) is 9.86. The maximum Gasteiger partial charge on any atom is 0.341 e. The molecule has 0 bridgehead atoms. The normalized spacial score (nSPS) is 16.4. The number of carboxylic acid groups (broad SMARTS) is 1. The van der Waals surface area contributed by atoms with Crippen molar-refractivity contribution in [1.29, 1.82) is 0 Å². The van der Waals surface area contributed by atoms with Crippen molar-refractivity contribution in [2.75, 3.05) is 23.3 Å². The van der Waals surface area contributed by atoms with Crippen LogP contribution in [-0.4, -0.2) is 39.9 Å². The van der Waals surface area contributed by atoms with Crippen LogP contribution in [0.1, 0.15) is 72.9 Å². The van der Waals surface area contributed by atoms with Crippen molar-refractivity contribution in [3.05, 3.63) is 51.3 Å². The lowest BCUT2D eigenvalue weighted by atomic mass is 9.83. The molecule has 1 unspecified atom stereocenters. The Hall–Kier alpha value is -3.62. The number of hydrogen-bond acceptors (Lipinski definition) is 7. The first kappa shape index (κ1) is 23.5. The molecule has 1 saturated heterocycles. The van der Waals surface area contributed by atoms with Gasteiger partial charge in [-0.1, -0.05) is 19.9 Å². The van der Waals surface area contributed by atoms with E-state index in [2.05, 4.69) is 29.2 Å². The second kappa shape index (κ2) is 8.62. The van der Waals surface area contributed by atoms with Crippen LogP contribution in [0.4, 0.5) is 11.7 Å². The average Bonchev–Trinajstić information content (AvgIpc) is 3.18. The Balaban J connectivity index is 1.75. The van der Waals surface area contributed by atoms with Gasteiger partial charge in [0.1, 0.15) is 11.1 Å². The van der Waals surface area contributed by atoms with Gasteiger partial charge in [0, 0.05) is 31.6 Å². The lowest BCUT2D eigenvalue weighted by molar-refractivity contribution is 0.0698. The zero-order chi connectivity index (χ0) is 24.8. The van der Waals surface area contributed by atoms with Crippen molar-refractivity contribution >= 4 is 34.5 Å². The van der Waals surface area contributed by atoms with Crippen molar-refractivity contribution in [3.8, 4) is 0 Å². The summed E-state index contributed by atoms with van der Waals surface area (Å²) in [5, 5.41) is 17.2. The van der Waals surface area contributed by atoms with E-state index in [-0.39, 0.29) is 22.2 Å². The van der Waals surface area contributed by atoms with Crippen molar-refractivity contribution < 1.29 is 19.1 Å². The number of benzene rings is 1. The topological polar surface area (TPSA) is 118 Å². The van der Waals surface area contributed by atoms with Crippen LogP contribution in [0.5, 0.6) is 0 Å². The Labute approximate surface area is 197 Å². The molecule has 1 atom stereocenters. The van der Waals surface area contributed by atoms with Crippen LogP contribution in [0.25, 0.3) is 11.0 Å². The molecule has 2 aromatic heterocycles. The van der Waals surface area contributed by atoms with E-state index in [1.54, 1.807) is 12.1 Å². The quantitative estimate of drug-likeness (QED) is 0.566. The molecule has 9 nitrogen and oxygen atoms in total. The molecule has 0 spiro atoms. The number of carbonyl (C=O) groups is 2. The lowest BCUT2D eigenvalue weighted by Gasteiger charge is -2.37. The molecule has 2 N–H and O–H groups in total. The molecule has 3 heterocycles. The summed E-state index contributed by atoms with van der Waals surface area (Å²) in [6.45, 7) is 11.1. The number of aryl methyl sites for hydroxylation is 1. The Bertz CT molecular complexity index is 1330. The smallest absolute Gasteiger partial charge is 0.341 e. The van der Waals surface area contributed by atoms with Crippen molar-refractivity contribution in [3.63, 3.8) is 0 Å². The number of rotatable bonds is 5. The zero-order valence-corrected chi connectivity index (χ0v) is 20.1. The summed E-state index contributed by atoms with van der Waals surface area (Å²) in [6.07, 6.45) is 3.19. The van der Waals surface area contributed by atoms with Crippen LogP contribution in [-0.2, 0) is 0 Å². The first-order valence-electron chi connectivity index (χ1n) is 11.4. The monoisotopic (exact) mass is 466 g/mol.